The molecule has 0 saturated carbocycles. The van der Waals surface area contributed by atoms with Gasteiger partial charge in [0.05, 0.1) is 24.9 Å². The Bertz CT molecular complexity index is 1110. The second kappa shape index (κ2) is 9.07. The molecule has 32 heavy (non-hydrogen) atoms. The lowest BCUT2D eigenvalue weighted by molar-refractivity contribution is 0.209. The van der Waals surface area contributed by atoms with Crippen molar-refractivity contribution in [1.82, 2.24) is 9.88 Å². The highest BCUT2D eigenvalue weighted by molar-refractivity contribution is 7.81. The summed E-state index contributed by atoms with van der Waals surface area (Å²) < 4.78 is 12.0. The zero-order valence-corrected chi connectivity index (χ0v) is 20.2. The summed E-state index contributed by atoms with van der Waals surface area (Å²) in [6.45, 7) is 12.7. The molecule has 2 unspecified atom stereocenters. The van der Waals surface area contributed by atoms with Crippen molar-refractivity contribution in [3.63, 3.8) is 0 Å². The van der Waals surface area contributed by atoms with E-state index in [4.69, 9.17) is 27.1 Å². The molecule has 1 aliphatic heterocycles. The molecule has 0 aliphatic carbocycles. The molecular weight excluding hydrogens is 416 g/mol. The van der Waals surface area contributed by atoms with Gasteiger partial charge in [-0.3, -0.25) is 0 Å². The Morgan fingerprint density at radius 1 is 1.16 bits per heavy atom. The van der Waals surface area contributed by atoms with E-state index in [0.717, 1.165) is 58.9 Å². The van der Waals surface area contributed by atoms with Gasteiger partial charge in [0.1, 0.15) is 17.6 Å². The molecular formula is C27H32N2O2S. The average Bonchev–Trinajstić information content (AvgIpc) is 3.26. The van der Waals surface area contributed by atoms with E-state index >= 15 is 0 Å². The van der Waals surface area contributed by atoms with Crippen LogP contribution in [-0.2, 0) is 0 Å². The van der Waals surface area contributed by atoms with E-state index in [1.807, 2.05) is 36.4 Å². The highest BCUT2D eigenvalue weighted by Gasteiger charge is 2.32. The summed E-state index contributed by atoms with van der Waals surface area (Å²) >= 11 is 4.83. The van der Waals surface area contributed by atoms with Crippen LogP contribution < -0.4 is 9.47 Å². The first-order chi connectivity index (χ1) is 15.3. The average molecular weight is 449 g/mol. The van der Waals surface area contributed by atoms with Crippen molar-refractivity contribution < 1.29 is 9.47 Å². The quantitative estimate of drug-likeness (QED) is 0.454. The highest BCUT2D eigenvalue weighted by Crippen LogP contribution is 2.36. The van der Waals surface area contributed by atoms with Crippen molar-refractivity contribution in [2.75, 3.05) is 20.2 Å². The maximum Gasteiger partial charge on any atom is 0.131 e. The van der Waals surface area contributed by atoms with Gasteiger partial charge in [-0.05, 0) is 17.5 Å². The Balaban J connectivity index is 1.62. The minimum absolute atomic E-state index is 0.0596. The number of pyridine rings is 1. The number of likely N-dealkylation sites (tertiary alicyclic amines) is 1. The number of nitrogens with zero attached hydrogens (tertiary/aromatic N) is 2. The predicted molar refractivity (Wildman–Crippen MR) is 136 cm³/mol. The topological polar surface area (TPSA) is 34.6 Å². The van der Waals surface area contributed by atoms with Crippen LogP contribution in [0, 0.1) is 5.41 Å². The van der Waals surface area contributed by atoms with Crippen LogP contribution in [0.2, 0.25) is 0 Å². The van der Waals surface area contributed by atoms with Crippen molar-refractivity contribution >= 4 is 23.5 Å². The molecule has 0 amide bonds. The Morgan fingerprint density at radius 2 is 1.91 bits per heavy atom. The largest absolute Gasteiger partial charge is 0.497 e. The molecule has 2 aromatic carbocycles. The van der Waals surface area contributed by atoms with E-state index < -0.39 is 0 Å². The van der Waals surface area contributed by atoms with Gasteiger partial charge in [0, 0.05) is 47.0 Å². The summed E-state index contributed by atoms with van der Waals surface area (Å²) in [5, 5.41) is 1.10. The Hall–Kier alpha value is -2.66. The highest BCUT2D eigenvalue weighted by atomic mass is 32.1. The van der Waals surface area contributed by atoms with Crippen LogP contribution >= 0.6 is 12.6 Å². The third-order valence-corrected chi connectivity index (χ3v) is 7.10. The number of rotatable bonds is 6. The van der Waals surface area contributed by atoms with Crippen LogP contribution in [0.1, 0.15) is 27.2 Å². The van der Waals surface area contributed by atoms with Crippen LogP contribution in [0.3, 0.4) is 0 Å². The molecule has 2 atom stereocenters. The van der Waals surface area contributed by atoms with E-state index in [0.29, 0.717) is 0 Å². The van der Waals surface area contributed by atoms with Crippen LogP contribution in [0.15, 0.2) is 66.9 Å². The van der Waals surface area contributed by atoms with Gasteiger partial charge in [0.25, 0.3) is 0 Å². The van der Waals surface area contributed by atoms with Crippen LogP contribution in [0.25, 0.3) is 22.2 Å². The maximum absolute atomic E-state index is 6.58. The molecule has 1 aromatic heterocycles. The first kappa shape index (κ1) is 22.5. The molecule has 168 valence electrons. The lowest BCUT2D eigenvalue weighted by Crippen LogP contribution is -2.33. The van der Waals surface area contributed by atoms with Gasteiger partial charge < -0.3 is 14.4 Å². The fraction of sp³-hybridized carbons (Fsp3) is 0.370. The fourth-order valence-corrected chi connectivity index (χ4v) is 4.26. The zero-order valence-electron chi connectivity index (χ0n) is 19.3. The number of aromatic nitrogens is 1. The molecule has 4 rings (SSSR count). The maximum atomic E-state index is 6.58. The number of benzene rings is 2. The van der Waals surface area contributed by atoms with Gasteiger partial charge in [-0.1, -0.05) is 57.7 Å². The number of hydrogen-bond acceptors (Lipinski definition) is 5. The Labute approximate surface area is 196 Å². The van der Waals surface area contributed by atoms with E-state index in [2.05, 4.69) is 50.4 Å². The third-order valence-electron chi connectivity index (χ3n) is 6.03. The van der Waals surface area contributed by atoms with Crippen LogP contribution in [-0.4, -0.2) is 41.4 Å². The SMILES string of the molecule is C=C(C(S)C(C)(C)C)N1CCC(Oc2cc(-c3ccccc3)nc3cc(OC)ccc23)C1. The monoisotopic (exact) mass is 448 g/mol. The molecule has 1 saturated heterocycles. The minimum Gasteiger partial charge on any atom is -0.497 e. The van der Waals surface area contributed by atoms with Crippen molar-refractivity contribution in [1.29, 1.82) is 0 Å². The lowest BCUT2D eigenvalue weighted by atomic mass is 9.89. The van der Waals surface area contributed by atoms with Crippen molar-refractivity contribution in [2.24, 2.45) is 5.41 Å². The first-order valence-electron chi connectivity index (χ1n) is 11.1. The standard InChI is InChI=1S/C27H32N2O2S/c1-18(26(32)27(2,3)4)29-14-13-21(17-29)31-25-16-23(19-9-7-6-8-10-19)28-24-15-20(30-5)11-12-22(24)25/h6-12,15-16,21,26,32H,1,13-14,17H2,2-5H3. The van der Waals surface area contributed by atoms with E-state index in [9.17, 15) is 0 Å². The number of methoxy groups -OCH3 is 1. The molecule has 4 nitrogen and oxygen atoms in total. The number of thiol groups is 1. The predicted octanol–water partition coefficient (Wildman–Crippen LogP) is 6.22. The summed E-state index contributed by atoms with van der Waals surface area (Å²) in [4.78, 5) is 7.21. The lowest BCUT2D eigenvalue weighted by Gasteiger charge is -2.33. The second-order valence-corrected chi connectivity index (χ2v) is 10.0. The molecule has 2 heterocycles. The molecule has 0 N–H and O–H groups in total. The van der Waals surface area contributed by atoms with E-state index in [1.165, 1.54) is 0 Å². The number of ether oxygens (including phenoxy) is 2. The summed E-state index contributed by atoms with van der Waals surface area (Å²) in [7, 11) is 1.67. The normalized spacial score (nSPS) is 17.4. The molecule has 1 fully saturated rings. The van der Waals surface area contributed by atoms with Gasteiger partial charge in [0.2, 0.25) is 0 Å². The Kier molecular flexibility index (Phi) is 6.38. The fourth-order valence-electron chi connectivity index (χ4n) is 4.10. The van der Waals surface area contributed by atoms with Gasteiger partial charge in [-0.2, -0.15) is 12.6 Å². The molecule has 1 aliphatic rings. The first-order valence-corrected chi connectivity index (χ1v) is 11.6. The summed E-state index contributed by atoms with van der Waals surface area (Å²) in [6, 6.07) is 18.2. The molecule has 0 spiro atoms. The van der Waals surface area contributed by atoms with E-state index in [1.54, 1.807) is 7.11 Å². The Morgan fingerprint density at radius 3 is 2.59 bits per heavy atom. The molecule has 3 aromatic rings. The van der Waals surface area contributed by atoms with Crippen LogP contribution in [0.5, 0.6) is 11.5 Å². The third kappa shape index (κ3) is 4.73. The molecule has 0 bridgehead atoms. The summed E-state index contributed by atoms with van der Waals surface area (Å²) in [5.41, 5.74) is 3.95. The summed E-state index contributed by atoms with van der Waals surface area (Å²) in [6.07, 6.45) is 1.04. The van der Waals surface area contributed by atoms with Crippen molar-refractivity contribution in [2.45, 2.75) is 38.5 Å². The van der Waals surface area contributed by atoms with Crippen molar-refractivity contribution in [3.05, 3.63) is 66.9 Å². The van der Waals surface area contributed by atoms with E-state index in [-0.39, 0.29) is 16.8 Å². The second-order valence-electron chi connectivity index (χ2n) is 9.49. The van der Waals surface area contributed by atoms with Gasteiger partial charge in [0.15, 0.2) is 0 Å². The van der Waals surface area contributed by atoms with Gasteiger partial charge in [-0.25, -0.2) is 4.98 Å². The van der Waals surface area contributed by atoms with Crippen molar-refractivity contribution in [3.8, 4) is 22.8 Å². The number of hydrogen-bond donors (Lipinski definition) is 1. The minimum atomic E-state index is 0.0596. The summed E-state index contributed by atoms with van der Waals surface area (Å²) in [5.74, 6) is 1.64. The number of fused-ring (bicyclic) bond motifs is 1. The molecule has 5 heteroatoms. The van der Waals surface area contributed by atoms with Gasteiger partial charge in [-0.15, -0.1) is 0 Å². The van der Waals surface area contributed by atoms with Gasteiger partial charge >= 0.3 is 0 Å². The zero-order chi connectivity index (χ0) is 22.9. The van der Waals surface area contributed by atoms with Crippen LogP contribution in [0.4, 0.5) is 0 Å². The smallest absolute Gasteiger partial charge is 0.131 e. The molecule has 0 radical (unpaired) electrons.